The molecule has 1 unspecified atom stereocenters. The number of carbonyl (C=O) groups excluding carboxylic acids is 1. The summed E-state index contributed by atoms with van der Waals surface area (Å²) in [5.74, 6) is 2.50. The zero-order valence-corrected chi connectivity index (χ0v) is 24.7. The zero-order valence-electron chi connectivity index (χ0n) is 23.2. The van der Waals surface area contributed by atoms with Crippen molar-refractivity contribution in [2.45, 2.75) is 64.1 Å². The first-order valence-electron chi connectivity index (χ1n) is 13.0. The van der Waals surface area contributed by atoms with E-state index in [2.05, 4.69) is 19.2 Å². The predicted molar refractivity (Wildman–Crippen MR) is 155 cm³/mol. The number of thioether (sulfide) groups is 1. The van der Waals surface area contributed by atoms with Gasteiger partial charge >= 0.3 is 5.97 Å². The van der Waals surface area contributed by atoms with Crippen molar-refractivity contribution in [1.29, 1.82) is 0 Å². The van der Waals surface area contributed by atoms with E-state index in [-0.39, 0.29) is 6.10 Å². The molecule has 10 heteroatoms. The summed E-state index contributed by atoms with van der Waals surface area (Å²) in [4.78, 5) is 18.0. The van der Waals surface area contributed by atoms with Crippen molar-refractivity contribution in [3.8, 4) is 11.5 Å². The van der Waals surface area contributed by atoms with Gasteiger partial charge in [0.25, 0.3) is 0 Å². The van der Waals surface area contributed by atoms with Gasteiger partial charge in [0.2, 0.25) is 11.1 Å². The second-order valence-corrected chi connectivity index (χ2v) is 11.4. The highest BCUT2D eigenvalue weighted by atomic mass is 35.5. The molecule has 0 radical (unpaired) electrons. The molecule has 208 valence electrons. The van der Waals surface area contributed by atoms with Crippen LogP contribution in [0.1, 0.15) is 58.2 Å². The summed E-state index contributed by atoms with van der Waals surface area (Å²) in [6.07, 6.45) is 0.659. The van der Waals surface area contributed by atoms with Crippen molar-refractivity contribution in [2.75, 3.05) is 19.0 Å². The fourth-order valence-corrected chi connectivity index (χ4v) is 5.29. The summed E-state index contributed by atoms with van der Waals surface area (Å²) in [5.41, 5.74) is 2.91. The maximum atomic E-state index is 13.3. The van der Waals surface area contributed by atoms with Crippen LogP contribution in [0.15, 0.2) is 58.9 Å². The Kier molecular flexibility index (Phi) is 9.45. The number of aromatic nitrogens is 3. The summed E-state index contributed by atoms with van der Waals surface area (Å²) in [6, 6.07) is 12.8. The number of allylic oxidation sites excluding steroid dienone is 1. The molecule has 2 aromatic carbocycles. The van der Waals surface area contributed by atoms with Gasteiger partial charge in [-0.05, 0) is 62.4 Å². The third kappa shape index (κ3) is 6.89. The number of rotatable bonds is 11. The van der Waals surface area contributed by atoms with Crippen LogP contribution in [0.5, 0.6) is 11.5 Å². The Morgan fingerprint density at radius 1 is 1.15 bits per heavy atom. The highest BCUT2D eigenvalue weighted by Gasteiger charge is 2.36. The molecule has 0 fully saturated rings. The minimum Gasteiger partial charge on any atom is -0.493 e. The number of anilines is 1. The summed E-state index contributed by atoms with van der Waals surface area (Å²) < 4.78 is 19.0. The Labute approximate surface area is 239 Å². The average Bonchev–Trinajstić information content (AvgIpc) is 3.29. The van der Waals surface area contributed by atoms with E-state index in [1.54, 1.807) is 11.8 Å². The molecule has 0 bridgehead atoms. The molecular formula is C29H35ClN4O4S. The minimum absolute atomic E-state index is 0.274. The molecule has 1 aliphatic rings. The number of nitrogens with zero attached hydrogens (tertiary/aromatic N) is 3. The third-order valence-electron chi connectivity index (χ3n) is 6.17. The van der Waals surface area contributed by atoms with Crippen molar-refractivity contribution < 1.29 is 19.0 Å². The zero-order chi connectivity index (χ0) is 28.1. The SMILES string of the molecule is COc1cc(C2C(C(=O)OC(C)C)=C(C)Nc3nc(SCc4ccccc4Cl)nn32)ccc1OCCC(C)C. The Bertz CT molecular complexity index is 1350. The van der Waals surface area contributed by atoms with E-state index in [0.29, 0.717) is 57.2 Å². The molecule has 0 spiro atoms. The number of esters is 1. The first-order chi connectivity index (χ1) is 18.7. The van der Waals surface area contributed by atoms with Crippen LogP contribution in [-0.2, 0) is 15.3 Å². The highest BCUT2D eigenvalue weighted by Crippen LogP contribution is 2.40. The smallest absolute Gasteiger partial charge is 0.338 e. The van der Waals surface area contributed by atoms with Crippen LogP contribution in [-0.4, -0.2) is 40.6 Å². The third-order valence-corrected chi connectivity index (χ3v) is 7.42. The molecule has 1 aromatic heterocycles. The molecule has 39 heavy (non-hydrogen) atoms. The fraction of sp³-hybridized carbons (Fsp3) is 0.414. The molecule has 0 aliphatic carbocycles. The largest absolute Gasteiger partial charge is 0.493 e. The second kappa shape index (κ2) is 12.8. The standard InChI is InChI=1S/C29H35ClN4O4S/c1-17(2)13-14-37-23-12-11-20(15-24(23)36-6)26-25(27(35)38-18(3)4)19(5)31-28-32-29(33-34(26)28)39-16-21-9-7-8-10-22(21)30/h7-12,15,17-18,26H,13-14,16H2,1-6H3,(H,31,32,33). The van der Waals surface area contributed by atoms with Gasteiger partial charge in [-0.3, -0.25) is 0 Å². The van der Waals surface area contributed by atoms with E-state index < -0.39 is 12.0 Å². The molecule has 2 heterocycles. The lowest BCUT2D eigenvalue weighted by Crippen LogP contribution is -2.30. The number of benzene rings is 2. The number of fused-ring (bicyclic) bond motifs is 1. The fourth-order valence-electron chi connectivity index (χ4n) is 4.18. The number of carbonyl (C=O) groups is 1. The number of methoxy groups -OCH3 is 1. The van der Waals surface area contributed by atoms with E-state index >= 15 is 0 Å². The highest BCUT2D eigenvalue weighted by molar-refractivity contribution is 7.98. The van der Waals surface area contributed by atoms with Gasteiger partial charge in [-0.15, -0.1) is 5.10 Å². The molecule has 3 aromatic rings. The summed E-state index contributed by atoms with van der Waals surface area (Å²) in [6.45, 7) is 10.4. The van der Waals surface area contributed by atoms with Gasteiger partial charge in [-0.25, -0.2) is 9.48 Å². The molecule has 1 N–H and O–H groups in total. The van der Waals surface area contributed by atoms with Crippen LogP contribution in [0.2, 0.25) is 5.02 Å². The molecule has 0 saturated carbocycles. The molecule has 4 rings (SSSR count). The Morgan fingerprint density at radius 2 is 1.92 bits per heavy atom. The van der Waals surface area contributed by atoms with Crippen molar-refractivity contribution in [2.24, 2.45) is 5.92 Å². The van der Waals surface area contributed by atoms with Crippen LogP contribution in [0.4, 0.5) is 5.95 Å². The Balaban J connectivity index is 1.70. The maximum absolute atomic E-state index is 13.3. The van der Waals surface area contributed by atoms with E-state index in [9.17, 15) is 4.79 Å². The van der Waals surface area contributed by atoms with Gasteiger partial charge in [0.1, 0.15) is 6.04 Å². The van der Waals surface area contributed by atoms with Gasteiger partial charge < -0.3 is 19.5 Å². The van der Waals surface area contributed by atoms with Gasteiger partial charge in [-0.1, -0.05) is 61.5 Å². The Hall–Kier alpha value is -3.17. The molecule has 1 atom stereocenters. The van der Waals surface area contributed by atoms with E-state index in [4.69, 9.17) is 35.9 Å². The molecular weight excluding hydrogens is 536 g/mol. The monoisotopic (exact) mass is 570 g/mol. The van der Waals surface area contributed by atoms with Gasteiger partial charge in [0.05, 0.1) is 25.4 Å². The number of hydrogen-bond acceptors (Lipinski definition) is 8. The van der Waals surface area contributed by atoms with Gasteiger partial charge in [0, 0.05) is 16.5 Å². The van der Waals surface area contributed by atoms with Crippen LogP contribution >= 0.6 is 23.4 Å². The Morgan fingerprint density at radius 3 is 2.62 bits per heavy atom. The summed E-state index contributed by atoms with van der Waals surface area (Å²) in [7, 11) is 1.61. The molecule has 0 amide bonds. The normalized spacial score (nSPS) is 14.8. The van der Waals surface area contributed by atoms with Crippen molar-refractivity contribution in [1.82, 2.24) is 14.8 Å². The average molecular weight is 571 g/mol. The van der Waals surface area contributed by atoms with Gasteiger partial charge in [0.15, 0.2) is 11.5 Å². The number of nitrogens with one attached hydrogen (secondary N) is 1. The maximum Gasteiger partial charge on any atom is 0.338 e. The lowest BCUT2D eigenvalue weighted by molar-refractivity contribution is -0.143. The number of ether oxygens (including phenoxy) is 3. The first kappa shape index (κ1) is 28.8. The topological polar surface area (TPSA) is 87.5 Å². The van der Waals surface area contributed by atoms with Crippen LogP contribution in [0.3, 0.4) is 0 Å². The van der Waals surface area contributed by atoms with Gasteiger partial charge in [-0.2, -0.15) is 4.98 Å². The van der Waals surface area contributed by atoms with E-state index in [1.165, 1.54) is 11.8 Å². The van der Waals surface area contributed by atoms with Crippen molar-refractivity contribution >= 4 is 35.3 Å². The predicted octanol–water partition coefficient (Wildman–Crippen LogP) is 6.90. The van der Waals surface area contributed by atoms with Crippen molar-refractivity contribution in [3.05, 3.63) is 69.9 Å². The van der Waals surface area contributed by atoms with E-state index in [1.807, 2.05) is 63.2 Å². The summed E-state index contributed by atoms with van der Waals surface area (Å²) >= 11 is 7.82. The molecule has 1 aliphatic heterocycles. The lowest BCUT2D eigenvalue weighted by atomic mass is 9.95. The second-order valence-electron chi connectivity index (χ2n) is 10.0. The van der Waals surface area contributed by atoms with Crippen LogP contribution < -0.4 is 14.8 Å². The van der Waals surface area contributed by atoms with Crippen molar-refractivity contribution in [3.63, 3.8) is 0 Å². The quantitative estimate of drug-likeness (QED) is 0.197. The summed E-state index contributed by atoms with van der Waals surface area (Å²) in [5, 5.41) is 9.30. The molecule has 0 saturated heterocycles. The number of hydrogen-bond donors (Lipinski definition) is 1. The van der Waals surface area contributed by atoms with Crippen LogP contribution in [0, 0.1) is 5.92 Å². The lowest BCUT2D eigenvalue weighted by Gasteiger charge is -2.29. The minimum atomic E-state index is -0.576. The first-order valence-corrected chi connectivity index (χ1v) is 14.4. The molecule has 8 nitrogen and oxygen atoms in total. The van der Waals surface area contributed by atoms with E-state index in [0.717, 1.165) is 17.5 Å². The van der Waals surface area contributed by atoms with Crippen LogP contribution in [0.25, 0.3) is 0 Å². The number of halogens is 1.